The van der Waals surface area contributed by atoms with E-state index >= 15 is 0 Å². The quantitative estimate of drug-likeness (QED) is 0.655. The van der Waals surface area contributed by atoms with Gasteiger partial charge in [0.15, 0.2) is 15.6 Å². The Kier molecular flexibility index (Phi) is 7.18. The van der Waals surface area contributed by atoms with Crippen LogP contribution in [0.25, 0.3) is 0 Å². The molecule has 1 unspecified atom stereocenters. The van der Waals surface area contributed by atoms with Crippen molar-refractivity contribution < 1.29 is 18.0 Å². The van der Waals surface area contributed by atoms with Crippen LogP contribution < -0.4 is 0 Å². The average Bonchev–Trinajstić information content (AvgIpc) is 2.50. The molecule has 0 aromatic heterocycles. The van der Waals surface area contributed by atoms with Gasteiger partial charge in [0.05, 0.1) is 4.90 Å². The minimum Gasteiger partial charge on any atom is -0.300 e. The van der Waals surface area contributed by atoms with Gasteiger partial charge in [-0.2, -0.15) is 0 Å². The number of allylic oxidation sites excluding steroid dienone is 2. The number of hydrogen-bond donors (Lipinski definition) is 0. The first-order chi connectivity index (χ1) is 10.4. The summed E-state index contributed by atoms with van der Waals surface area (Å²) in [5.41, 5.74) is 0. The zero-order chi connectivity index (χ0) is 16.6. The molecule has 0 bridgehead atoms. The Hall–Kier alpha value is -1.75. The van der Waals surface area contributed by atoms with E-state index in [0.717, 1.165) is 6.42 Å². The summed E-state index contributed by atoms with van der Waals surface area (Å²) in [7, 11) is -3.74. The van der Waals surface area contributed by atoms with E-state index in [9.17, 15) is 18.0 Å². The van der Waals surface area contributed by atoms with Crippen molar-refractivity contribution in [3.63, 3.8) is 0 Å². The summed E-state index contributed by atoms with van der Waals surface area (Å²) in [5.74, 6) is -0.520. The van der Waals surface area contributed by atoms with Gasteiger partial charge in [-0.05, 0) is 31.9 Å². The van der Waals surface area contributed by atoms with Gasteiger partial charge in [-0.1, -0.05) is 37.3 Å². The van der Waals surface area contributed by atoms with Crippen LogP contribution in [0.3, 0.4) is 0 Å². The highest BCUT2D eigenvalue weighted by Crippen LogP contribution is 2.21. The zero-order valence-corrected chi connectivity index (χ0v) is 13.8. The van der Waals surface area contributed by atoms with Crippen molar-refractivity contribution in [1.29, 1.82) is 0 Å². The third-order valence-corrected chi connectivity index (χ3v) is 5.42. The molecule has 4 nitrogen and oxygen atoms in total. The van der Waals surface area contributed by atoms with Crippen LogP contribution in [0.4, 0.5) is 0 Å². The van der Waals surface area contributed by atoms with Gasteiger partial charge in [0, 0.05) is 12.8 Å². The number of carbonyl (C=O) groups excluding carboxylic acids is 2. The fourth-order valence-electron chi connectivity index (χ4n) is 2.05. The summed E-state index contributed by atoms with van der Waals surface area (Å²) in [6.45, 7) is 3.33. The van der Waals surface area contributed by atoms with Crippen LogP contribution in [0, 0.1) is 0 Å². The third kappa shape index (κ3) is 5.22. The average molecular weight is 322 g/mol. The topological polar surface area (TPSA) is 68.3 Å². The number of rotatable bonds is 9. The van der Waals surface area contributed by atoms with E-state index in [1.165, 1.54) is 19.1 Å². The lowest BCUT2D eigenvalue weighted by atomic mass is 10.1. The van der Waals surface area contributed by atoms with E-state index in [0.29, 0.717) is 0 Å². The molecule has 0 radical (unpaired) electrons. The Labute approximate surface area is 132 Å². The maximum atomic E-state index is 12.7. The number of benzene rings is 1. The third-order valence-electron chi connectivity index (χ3n) is 3.28. The first kappa shape index (κ1) is 18.3. The molecule has 0 saturated heterocycles. The van der Waals surface area contributed by atoms with Crippen molar-refractivity contribution in [1.82, 2.24) is 0 Å². The summed E-state index contributed by atoms with van der Waals surface area (Å²) < 4.78 is 25.3. The largest absolute Gasteiger partial charge is 0.300 e. The number of carbonyl (C=O) groups is 2. The van der Waals surface area contributed by atoms with Crippen molar-refractivity contribution in [2.24, 2.45) is 0 Å². The van der Waals surface area contributed by atoms with Crippen LogP contribution in [-0.4, -0.2) is 25.2 Å². The summed E-state index contributed by atoms with van der Waals surface area (Å²) >= 11 is 0. The molecule has 120 valence electrons. The van der Waals surface area contributed by atoms with Crippen molar-refractivity contribution in [3.05, 3.63) is 42.5 Å². The molecule has 0 aliphatic rings. The van der Waals surface area contributed by atoms with Crippen LogP contribution in [0.5, 0.6) is 0 Å². The highest BCUT2D eigenvalue weighted by molar-refractivity contribution is 7.92. The lowest BCUT2D eigenvalue weighted by molar-refractivity contribution is -0.123. The van der Waals surface area contributed by atoms with Crippen LogP contribution in [0.1, 0.15) is 39.5 Å². The van der Waals surface area contributed by atoms with Gasteiger partial charge in [0.2, 0.25) is 0 Å². The summed E-state index contributed by atoms with van der Waals surface area (Å²) in [5, 5.41) is -1.13. The van der Waals surface area contributed by atoms with E-state index < -0.39 is 20.9 Å². The SMILES string of the molecule is CCC=CCC(C(=O)CCC(C)=O)S(=O)(=O)c1ccccc1. The number of hydrogen-bond acceptors (Lipinski definition) is 4. The molecule has 0 spiro atoms. The molecule has 5 heteroatoms. The maximum absolute atomic E-state index is 12.7. The molecule has 0 amide bonds. The minimum absolute atomic E-state index is 0.0357. The molecule has 0 heterocycles. The van der Waals surface area contributed by atoms with Crippen LogP contribution in [-0.2, 0) is 19.4 Å². The van der Waals surface area contributed by atoms with E-state index in [1.54, 1.807) is 24.3 Å². The molecule has 1 rings (SSSR count). The van der Waals surface area contributed by atoms with Crippen molar-refractivity contribution >= 4 is 21.4 Å². The van der Waals surface area contributed by atoms with Gasteiger partial charge in [-0.15, -0.1) is 0 Å². The van der Waals surface area contributed by atoms with Gasteiger partial charge in [-0.3, -0.25) is 4.79 Å². The Balaban J connectivity index is 3.06. The summed E-state index contributed by atoms with van der Waals surface area (Å²) in [6.07, 6.45) is 4.52. The highest BCUT2D eigenvalue weighted by Gasteiger charge is 2.32. The lowest BCUT2D eigenvalue weighted by Crippen LogP contribution is -2.30. The zero-order valence-electron chi connectivity index (χ0n) is 13.0. The Morgan fingerprint density at radius 1 is 1.09 bits per heavy atom. The van der Waals surface area contributed by atoms with E-state index in [1.807, 2.05) is 13.0 Å². The van der Waals surface area contributed by atoms with Crippen molar-refractivity contribution in [2.45, 2.75) is 49.7 Å². The van der Waals surface area contributed by atoms with Gasteiger partial charge >= 0.3 is 0 Å². The first-order valence-corrected chi connectivity index (χ1v) is 8.90. The molecule has 0 aliphatic heterocycles. The Bertz CT molecular complexity index is 630. The van der Waals surface area contributed by atoms with Gasteiger partial charge in [-0.25, -0.2) is 8.42 Å². The van der Waals surface area contributed by atoms with E-state index in [2.05, 4.69) is 0 Å². The number of Topliss-reactive ketones (excluding diaryl/α,β-unsaturated/α-hetero) is 2. The monoisotopic (exact) mass is 322 g/mol. The first-order valence-electron chi connectivity index (χ1n) is 7.35. The molecule has 0 aliphatic carbocycles. The molecular formula is C17H22O4S. The number of sulfone groups is 1. The van der Waals surface area contributed by atoms with Crippen LogP contribution in [0.15, 0.2) is 47.4 Å². The van der Waals surface area contributed by atoms with E-state index in [-0.39, 0.29) is 29.9 Å². The van der Waals surface area contributed by atoms with Gasteiger partial charge in [0.1, 0.15) is 11.0 Å². The van der Waals surface area contributed by atoms with Crippen LogP contribution in [0.2, 0.25) is 0 Å². The smallest absolute Gasteiger partial charge is 0.188 e. The molecule has 22 heavy (non-hydrogen) atoms. The molecular weight excluding hydrogens is 300 g/mol. The second kappa shape index (κ2) is 8.63. The molecule has 0 fully saturated rings. The van der Waals surface area contributed by atoms with Crippen molar-refractivity contribution in [3.8, 4) is 0 Å². The van der Waals surface area contributed by atoms with Crippen LogP contribution >= 0.6 is 0 Å². The minimum atomic E-state index is -3.74. The maximum Gasteiger partial charge on any atom is 0.188 e. The predicted octanol–water partition coefficient (Wildman–Crippen LogP) is 3.12. The molecule has 1 aromatic rings. The predicted molar refractivity (Wildman–Crippen MR) is 86.4 cm³/mol. The highest BCUT2D eigenvalue weighted by atomic mass is 32.2. The summed E-state index contributed by atoms with van der Waals surface area (Å²) in [4.78, 5) is 23.5. The fraction of sp³-hybridized carbons (Fsp3) is 0.412. The Morgan fingerprint density at radius 3 is 2.27 bits per heavy atom. The standard InChI is InChI=1S/C17H22O4S/c1-3-4-6-11-17(16(19)13-12-14(2)18)22(20,21)15-9-7-5-8-10-15/h4-10,17H,3,11-13H2,1-2H3. The summed E-state index contributed by atoms with van der Waals surface area (Å²) in [6, 6.07) is 7.97. The second-order valence-corrected chi connectivity index (χ2v) is 7.26. The fourth-order valence-corrected chi connectivity index (χ4v) is 3.75. The lowest BCUT2D eigenvalue weighted by Gasteiger charge is -2.15. The van der Waals surface area contributed by atoms with Gasteiger partial charge in [0.25, 0.3) is 0 Å². The van der Waals surface area contributed by atoms with Crippen molar-refractivity contribution in [2.75, 3.05) is 0 Å². The molecule has 0 saturated carbocycles. The number of ketones is 2. The van der Waals surface area contributed by atoms with E-state index in [4.69, 9.17) is 0 Å². The Morgan fingerprint density at radius 2 is 1.73 bits per heavy atom. The second-order valence-electron chi connectivity index (χ2n) is 5.13. The molecule has 0 N–H and O–H groups in total. The van der Waals surface area contributed by atoms with Gasteiger partial charge < -0.3 is 4.79 Å². The molecule has 1 atom stereocenters. The normalized spacial score (nSPS) is 13.2. The molecule has 1 aromatic carbocycles.